The highest BCUT2D eigenvalue weighted by Crippen LogP contribution is 2.19. The van der Waals surface area contributed by atoms with Gasteiger partial charge < -0.3 is 10.2 Å². The molecule has 0 spiro atoms. The normalized spacial score (nSPS) is 19.2. The molecule has 4 heteroatoms. The summed E-state index contributed by atoms with van der Waals surface area (Å²) >= 11 is 0. The predicted molar refractivity (Wildman–Crippen MR) is 107 cm³/mol. The van der Waals surface area contributed by atoms with Crippen molar-refractivity contribution in [2.24, 2.45) is 0 Å². The van der Waals surface area contributed by atoms with Crippen molar-refractivity contribution in [3.8, 4) is 0 Å². The van der Waals surface area contributed by atoms with Gasteiger partial charge in [0.2, 0.25) is 5.91 Å². The third-order valence-corrected chi connectivity index (χ3v) is 5.54. The van der Waals surface area contributed by atoms with E-state index in [-0.39, 0.29) is 5.91 Å². The number of nitrogens with one attached hydrogen (secondary N) is 1. The number of rotatable bonds is 8. The molecule has 2 aliphatic rings. The Balaban J connectivity index is 1.27. The van der Waals surface area contributed by atoms with Gasteiger partial charge in [-0.15, -0.1) is 0 Å². The minimum absolute atomic E-state index is 0.180. The van der Waals surface area contributed by atoms with E-state index < -0.39 is 0 Å². The van der Waals surface area contributed by atoms with Crippen molar-refractivity contribution in [3.05, 3.63) is 47.5 Å². The first kappa shape index (κ1) is 19.1. The molecule has 1 heterocycles. The Hall–Kier alpha value is -1.65. The molecule has 1 aromatic carbocycles. The number of carbonyl (C=O) groups is 1. The fourth-order valence-corrected chi connectivity index (χ4v) is 3.86. The minimum Gasteiger partial charge on any atom is -0.355 e. The van der Waals surface area contributed by atoms with Crippen molar-refractivity contribution in [2.45, 2.75) is 38.5 Å². The Labute approximate surface area is 158 Å². The predicted octanol–water partition coefficient (Wildman–Crippen LogP) is 2.85. The number of hydrogen-bond acceptors (Lipinski definition) is 3. The van der Waals surface area contributed by atoms with Crippen LogP contribution in [-0.2, 0) is 11.2 Å². The standard InChI is InChI=1S/C22H33N3O/c26-22(23-13-11-20-7-3-1-4-8-20)19-25-17-15-24(16-18-25)14-12-21-9-5-2-6-10-21/h2,5-7,9-10H,1,3-4,8,11-19H2,(H,23,26). The van der Waals surface area contributed by atoms with Crippen molar-refractivity contribution in [1.82, 2.24) is 15.1 Å². The van der Waals surface area contributed by atoms with Crippen LogP contribution in [0.1, 0.15) is 37.7 Å². The van der Waals surface area contributed by atoms with Crippen molar-refractivity contribution in [2.75, 3.05) is 45.8 Å². The van der Waals surface area contributed by atoms with Crippen LogP contribution >= 0.6 is 0 Å². The van der Waals surface area contributed by atoms with Gasteiger partial charge in [0.15, 0.2) is 0 Å². The molecule has 1 fully saturated rings. The van der Waals surface area contributed by atoms with Gasteiger partial charge in [0.05, 0.1) is 6.54 Å². The zero-order chi connectivity index (χ0) is 18.0. The summed E-state index contributed by atoms with van der Waals surface area (Å²) in [5.74, 6) is 0.180. The van der Waals surface area contributed by atoms with Crippen LogP contribution < -0.4 is 5.32 Å². The Bertz CT molecular complexity index is 576. The number of piperazine rings is 1. The van der Waals surface area contributed by atoms with Crippen LogP contribution in [0.3, 0.4) is 0 Å². The second kappa shape index (κ2) is 10.5. The number of nitrogens with zero attached hydrogens (tertiary/aromatic N) is 2. The highest BCUT2D eigenvalue weighted by Gasteiger charge is 2.18. The van der Waals surface area contributed by atoms with Crippen molar-refractivity contribution >= 4 is 5.91 Å². The van der Waals surface area contributed by atoms with E-state index in [0.717, 1.165) is 52.1 Å². The molecule has 4 nitrogen and oxygen atoms in total. The average molecular weight is 356 g/mol. The highest BCUT2D eigenvalue weighted by atomic mass is 16.2. The minimum atomic E-state index is 0.180. The number of benzene rings is 1. The zero-order valence-corrected chi connectivity index (χ0v) is 16.0. The van der Waals surface area contributed by atoms with Crippen molar-refractivity contribution in [3.63, 3.8) is 0 Å². The summed E-state index contributed by atoms with van der Waals surface area (Å²) in [5, 5.41) is 3.10. The van der Waals surface area contributed by atoms with E-state index in [1.807, 2.05) is 0 Å². The smallest absolute Gasteiger partial charge is 0.234 e. The molecule has 1 N–H and O–H groups in total. The van der Waals surface area contributed by atoms with Gasteiger partial charge in [-0.25, -0.2) is 0 Å². The van der Waals surface area contributed by atoms with E-state index in [1.54, 1.807) is 0 Å². The summed E-state index contributed by atoms with van der Waals surface area (Å²) in [7, 11) is 0. The van der Waals surface area contributed by atoms with Crippen LogP contribution in [0, 0.1) is 0 Å². The number of allylic oxidation sites excluding steroid dienone is 1. The SMILES string of the molecule is O=C(CN1CCN(CCc2ccccc2)CC1)NCCC1=CCCCC1. The Kier molecular flexibility index (Phi) is 7.71. The molecule has 0 aromatic heterocycles. The molecule has 0 bridgehead atoms. The quantitative estimate of drug-likeness (QED) is 0.729. The van der Waals surface area contributed by atoms with E-state index in [9.17, 15) is 4.79 Å². The lowest BCUT2D eigenvalue weighted by molar-refractivity contribution is -0.122. The largest absolute Gasteiger partial charge is 0.355 e. The van der Waals surface area contributed by atoms with Gasteiger partial charge >= 0.3 is 0 Å². The van der Waals surface area contributed by atoms with Gasteiger partial charge in [-0.3, -0.25) is 9.69 Å². The van der Waals surface area contributed by atoms with Crippen LogP contribution in [0.25, 0.3) is 0 Å². The van der Waals surface area contributed by atoms with Crippen LogP contribution in [-0.4, -0.2) is 61.5 Å². The second-order valence-corrected chi connectivity index (χ2v) is 7.56. The molecule has 1 saturated heterocycles. The summed E-state index contributed by atoms with van der Waals surface area (Å²) < 4.78 is 0. The van der Waals surface area contributed by atoms with Crippen LogP contribution in [0.2, 0.25) is 0 Å². The molecule has 0 atom stereocenters. The summed E-state index contributed by atoms with van der Waals surface area (Å²) in [5.41, 5.74) is 2.94. The van der Waals surface area contributed by atoms with Gasteiger partial charge in [-0.1, -0.05) is 42.0 Å². The summed E-state index contributed by atoms with van der Waals surface area (Å²) in [4.78, 5) is 17.0. The molecular weight excluding hydrogens is 322 g/mol. The molecular formula is C22H33N3O. The van der Waals surface area contributed by atoms with Crippen LogP contribution in [0.4, 0.5) is 0 Å². The number of hydrogen-bond donors (Lipinski definition) is 1. The van der Waals surface area contributed by atoms with Gasteiger partial charge in [0.1, 0.15) is 0 Å². The monoisotopic (exact) mass is 355 g/mol. The molecule has 142 valence electrons. The Morgan fingerprint density at radius 3 is 2.46 bits per heavy atom. The first-order valence-electron chi connectivity index (χ1n) is 10.2. The molecule has 1 aromatic rings. The van der Waals surface area contributed by atoms with Gasteiger partial charge in [-0.05, 0) is 44.1 Å². The maximum absolute atomic E-state index is 12.2. The lowest BCUT2D eigenvalue weighted by Crippen LogP contribution is -2.49. The second-order valence-electron chi connectivity index (χ2n) is 7.56. The average Bonchev–Trinajstić information content (AvgIpc) is 2.69. The lowest BCUT2D eigenvalue weighted by atomic mass is 9.97. The summed E-state index contributed by atoms with van der Waals surface area (Å²) in [6, 6.07) is 10.7. The van der Waals surface area contributed by atoms with Crippen molar-refractivity contribution < 1.29 is 4.79 Å². The molecule has 0 radical (unpaired) electrons. The molecule has 1 aliphatic carbocycles. The van der Waals surface area contributed by atoms with E-state index >= 15 is 0 Å². The summed E-state index contributed by atoms with van der Waals surface area (Å²) in [6.45, 7) is 6.56. The van der Waals surface area contributed by atoms with Crippen molar-refractivity contribution in [1.29, 1.82) is 0 Å². The van der Waals surface area contributed by atoms with E-state index in [4.69, 9.17) is 0 Å². The fourth-order valence-electron chi connectivity index (χ4n) is 3.86. The lowest BCUT2D eigenvalue weighted by Gasteiger charge is -2.34. The molecule has 26 heavy (non-hydrogen) atoms. The number of amides is 1. The van der Waals surface area contributed by atoms with E-state index in [2.05, 4.69) is 51.5 Å². The van der Waals surface area contributed by atoms with E-state index in [0.29, 0.717) is 6.54 Å². The van der Waals surface area contributed by atoms with Gasteiger partial charge in [0, 0.05) is 39.3 Å². The topological polar surface area (TPSA) is 35.6 Å². The van der Waals surface area contributed by atoms with E-state index in [1.165, 1.54) is 36.8 Å². The molecule has 0 saturated carbocycles. The molecule has 1 aliphatic heterocycles. The van der Waals surface area contributed by atoms with Gasteiger partial charge in [0.25, 0.3) is 0 Å². The first-order valence-corrected chi connectivity index (χ1v) is 10.2. The number of carbonyl (C=O) groups excluding carboxylic acids is 1. The van der Waals surface area contributed by atoms with Crippen LogP contribution in [0.15, 0.2) is 42.0 Å². The Morgan fingerprint density at radius 1 is 0.962 bits per heavy atom. The fraction of sp³-hybridized carbons (Fsp3) is 0.591. The first-order chi connectivity index (χ1) is 12.8. The summed E-state index contributed by atoms with van der Waals surface area (Å²) in [6.07, 6.45) is 9.58. The maximum Gasteiger partial charge on any atom is 0.234 e. The molecule has 3 rings (SSSR count). The molecule has 0 unspecified atom stereocenters. The highest BCUT2D eigenvalue weighted by molar-refractivity contribution is 5.78. The zero-order valence-electron chi connectivity index (χ0n) is 16.0. The third kappa shape index (κ3) is 6.58. The van der Waals surface area contributed by atoms with Crippen LogP contribution in [0.5, 0.6) is 0 Å². The third-order valence-electron chi connectivity index (χ3n) is 5.54. The van der Waals surface area contributed by atoms with Gasteiger partial charge in [-0.2, -0.15) is 0 Å². The Morgan fingerprint density at radius 2 is 1.73 bits per heavy atom. The molecule has 1 amide bonds. The maximum atomic E-state index is 12.2.